The number of halogens is 2. The number of ether oxygens (including phenoxy) is 1. The molecule has 1 amide bonds. The summed E-state index contributed by atoms with van der Waals surface area (Å²) in [5, 5.41) is 7.86. The van der Waals surface area contributed by atoms with Crippen LogP contribution in [-0.2, 0) is 6.54 Å². The standard InChI is InChI=1S/C19H20F2N4O2/c1-11(2)25-17-16(10-23-25)15(8-12(3)24-17)18(26)22-9-13-4-6-14(7-5-13)27-19(20)21/h4-8,10-11,19H,9H2,1-3H3,(H,22,26). The molecule has 0 aliphatic rings. The van der Waals surface area contributed by atoms with Gasteiger partial charge in [0.1, 0.15) is 5.75 Å². The van der Waals surface area contributed by atoms with Crippen LogP contribution in [0.25, 0.3) is 11.0 Å². The number of pyridine rings is 1. The number of hydrogen-bond acceptors (Lipinski definition) is 4. The second-order valence-corrected chi connectivity index (χ2v) is 6.44. The normalized spacial score (nSPS) is 11.4. The van der Waals surface area contributed by atoms with E-state index in [2.05, 4.69) is 20.1 Å². The summed E-state index contributed by atoms with van der Waals surface area (Å²) in [7, 11) is 0. The summed E-state index contributed by atoms with van der Waals surface area (Å²) in [6.45, 7) is 3.22. The van der Waals surface area contributed by atoms with E-state index in [4.69, 9.17) is 0 Å². The summed E-state index contributed by atoms with van der Waals surface area (Å²) >= 11 is 0. The number of carbonyl (C=O) groups excluding carboxylic acids is 1. The van der Waals surface area contributed by atoms with Crippen molar-refractivity contribution in [1.29, 1.82) is 0 Å². The summed E-state index contributed by atoms with van der Waals surface area (Å²) in [6, 6.07) is 7.99. The Bertz CT molecular complexity index is 952. The molecule has 3 rings (SSSR count). The fourth-order valence-corrected chi connectivity index (χ4v) is 2.78. The van der Waals surface area contributed by atoms with Crippen molar-refractivity contribution in [2.75, 3.05) is 0 Å². The molecule has 0 bridgehead atoms. The lowest BCUT2D eigenvalue weighted by atomic mass is 10.1. The summed E-state index contributed by atoms with van der Waals surface area (Å²) in [5.41, 5.74) is 2.67. The first-order valence-electron chi connectivity index (χ1n) is 8.52. The van der Waals surface area contributed by atoms with Crippen molar-refractivity contribution < 1.29 is 18.3 Å². The monoisotopic (exact) mass is 374 g/mol. The predicted molar refractivity (Wildman–Crippen MR) is 96.9 cm³/mol. The molecule has 0 fully saturated rings. The van der Waals surface area contributed by atoms with E-state index in [1.54, 1.807) is 29.1 Å². The van der Waals surface area contributed by atoms with Crippen molar-refractivity contribution in [1.82, 2.24) is 20.1 Å². The van der Waals surface area contributed by atoms with Crippen LogP contribution in [0.4, 0.5) is 8.78 Å². The van der Waals surface area contributed by atoms with Crippen LogP contribution in [0.5, 0.6) is 5.75 Å². The number of rotatable bonds is 6. The number of benzene rings is 1. The van der Waals surface area contributed by atoms with E-state index >= 15 is 0 Å². The summed E-state index contributed by atoms with van der Waals surface area (Å²) < 4.78 is 30.5. The van der Waals surface area contributed by atoms with Gasteiger partial charge in [-0.2, -0.15) is 13.9 Å². The molecule has 142 valence electrons. The quantitative estimate of drug-likeness (QED) is 0.712. The third kappa shape index (κ3) is 4.21. The smallest absolute Gasteiger partial charge is 0.387 e. The van der Waals surface area contributed by atoms with E-state index in [9.17, 15) is 13.6 Å². The Hall–Kier alpha value is -3.03. The zero-order chi connectivity index (χ0) is 19.6. The molecular weight excluding hydrogens is 354 g/mol. The highest BCUT2D eigenvalue weighted by Gasteiger charge is 2.16. The van der Waals surface area contributed by atoms with E-state index in [0.717, 1.165) is 11.3 Å². The highest BCUT2D eigenvalue weighted by molar-refractivity contribution is 6.05. The van der Waals surface area contributed by atoms with Crippen LogP contribution in [-0.4, -0.2) is 27.3 Å². The van der Waals surface area contributed by atoms with E-state index in [0.29, 0.717) is 16.6 Å². The Balaban J connectivity index is 1.76. The molecule has 1 N–H and O–H groups in total. The Morgan fingerprint density at radius 2 is 1.96 bits per heavy atom. The molecular formula is C19H20F2N4O2. The van der Waals surface area contributed by atoms with Gasteiger partial charge < -0.3 is 10.1 Å². The first kappa shape index (κ1) is 18.8. The molecule has 0 unspecified atom stereocenters. The van der Waals surface area contributed by atoms with Crippen LogP contribution >= 0.6 is 0 Å². The van der Waals surface area contributed by atoms with Crippen LogP contribution in [0, 0.1) is 6.92 Å². The van der Waals surface area contributed by atoms with Crippen LogP contribution in [0.15, 0.2) is 36.5 Å². The average molecular weight is 374 g/mol. The van der Waals surface area contributed by atoms with Crippen molar-refractivity contribution in [2.24, 2.45) is 0 Å². The molecule has 0 aliphatic carbocycles. The van der Waals surface area contributed by atoms with Gasteiger partial charge in [0.2, 0.25) is 0 Å². The molecule has 6 nitrogen and oxygen atoms in total. The SMILES string of the molecule is Cc1cc(C(=O)NCc2ccc(OC(F)F)cc2)c2cnn(C(C)C)c2n1. The van der Waals surface area contributed by atoms with Crippen molar-refractivity contribution >= 4 is 16.9 Å². The Morgan fingerprint density at radius 1 is 1.26 bits per heavy atom. The van der Waals surface area contributed by atoms with Gasteiger partial charge in [0.25, 0.3) is 5.91 Å². The minimum Gasteiger partial charge on any atom is -0.435 e. The Morgan fingerprint density at radius 3 is 2.59 bits per heavy atom. The number of nitrogens with zero attached hydrogens (tertiary/aromatic N) is 3. The number of aryl methyl sites for hydroxylation is 1. The maximum Gasteiger partial charge on any atom is 0.387 e. The van der Waals surface area contributed by atoms with Gasteiger partial charge in [-0.15, -0.1) is 0 Å². The van der Waals surface area contributed by atoms with Crippen LogP contribution < -0.4 is 10.1 Å². The molecule has 0 aliphatic heterocycles. The number of aromatic nitrogens is 3. The van der Waals surface area contributed by atoms with E-state index in [1.807, 2.05) is 20.8 Å². The molecule has 3 aromatic rings. The summed E-state index contributed by atoms with van der Waals surface area (Å²) in [5.74, 6) is -0.172. The molecule has 2 heterocycles. The largest absolute Gasteiger partial charge is 0.435 e. The number of alkyl halides is 2. The maximum absolute atomic E-state index is 12.7. The molecule has 0 radical (unpaired) electrons. The molecule has 0 saturated carbocycles. The summed E-state index contributed by atoms with van der Waals surface area (Å²) in [4.78, 5) is 17.2. The second kappa shape index (κ2) is 7.69. The fraction of sp³-hybridized carbons (Fsp3) is 0.316. The van der Waals surface area contributed by atoms with Crippen molar-refractivity contribution in [3.8, 4) is 5.75 Å². The molecule has 1 aromatic carbocycles. The lowest BCUT2D eigenvalue weighted by Gasteiger charge is -2.10. The second-order valence-electron chi connectivity index (χ2n) is 6.44. The van der Waals surface area contributed by atoms with E-state index in [1.165, 1.54) is 12.1 Å². The fourth-order valence-electron chi connectivity index (χ4n) is 2.78. The molecule has 0 atom stereocenters. The number of amides is 1. The lowest BCUT2D eigenvalue weighted by molar-refractivity contribution is -0.0498. The molecule has 0 spiro atoms. The maximum atomic E-state index is 12.7. The molecule has 27 heavy (non-hydrogen) atoms. The molecule has 2 aromatic heterocycles. The lowest BCUT2D eigenvalue weighted by Crippen LogP contribution is -2.23. The van der Waals surface area contributed by atoms with Crippen molar-refractivity contribution in [3.63, 3.8) is 0 Å². The Kier molecular flexibility index (Phi) is 5.34. The topological polar surface area (TPSA) is 69.0 Å². The summed E-state index contributed by atoms with van der Waals surface area (Å²) in [6.07, 6.45) is 1.65. The van der Waals surface area contributed by atoms with Gasteiger partial charge in [0.05, 0.1) is 17.1 Å². The van der Waals surface area contributed by atoms with E-state index in [-0.39, 0.29) is 24.2 Å². The number of hydrogen-bond donors (Lipinski definition) is 1. The van der Waals surface area contributed by atoms with Gasteiger partial charge in [0.15, 0.2) is 5.65 Å². The van der Waals surface area contributed by atoms with Crippen molar-refractivity contribution in [3.05, 3.63) is 53.3 Å². The van der Waals surface area contributed by atoms with Gasteiger partial charge in [-0.05, 0) is 44.5 Å². The molecule has 8 heteroatoms. The highest BCUT2D eigenvalue weighted by atomic mass is 19.3. The van der Waals surface area contributed by atoms with Gasteiger partial charge in [0, 0.05) is 18.3 Å². The van der Waals surface area contributed by atoms with Gasteiger partial charge in [-0.25, -0.2) is 9.67 Å². The van der Waals surface area contributed by atoms with Gasteiger partial charge >= 0.3 is 6.61 Å². The zero-order valence-corrected chi connectivity index (χ0v) is 15.2. The minimum absolute atomic E-state index is 0.0765. The third-order valence-electron chi connectivity index (χ3n) is 4.03. The predicted octanol–water partition coefficient (Wildman–Crippen LogP) is 3.85. The number of nitrogens with one attached hydrogen (secondary N) is 1. The third-order valence-corrected chi connectivity index (χ3v) is 4.03. The van der Waals surface area contributed by atoms with Gasteiger partial charge in [-0.1, -0.05) is 12.1 Å². The minimum atomic E-state index is -2.86. The van der Waals surface area contributed by atoms with Gasteiger partial charge in [-0.3, -0.25) is 4.79 Å². The van der Waals surface area contributed by atoms with E-state index < -0.39 is 6.61 Å². The molecule has 0 saturated heterocycles. The van der Waals surface area contributed by atoms with Crippen LogP contribution in [0.1, 0.15) is 41.5 Å². The first-order valence-corrected chi connectivity index (χ1v) is 8.52. The number of fused-ring (bicyclic) bond motifs is 1. The number of carbonyl (C=O) groups is 1. The first-order chi connectivity index (χ1) is 12.8. The average Bonchev–Trinajstić information content (AvgIpc) is 3.03. The van der Waals surface area contributed by atoms with Crippen LogP contribution in [0.3, 0.4) is 0 Å². The van der Waals surface area contributed by atoms with Crippen molar-refractivity contribution in [2.45, 2.75) is 40.0 Å². The highest BCUT2D eigenvalue weighted by Crippen LogP contribution is 2.21. The zero-order valence-electron chi connectivity index (χ0n) is 15.2. The van der Waals surface area contributed by atoms with Crippen LogP contribution in [0.2, 0.25) is 0 Å². The Labute approximate surface area is 155 Å².